The first-order valence-electron chi connectivity index (χ1n) is 8.32. The summed E-state index contributed by atoms with van der Waals surface area (Å²) in [5, 5.41) is 11.4. The Morgan fingerprint density at radius 3 is 2.96 bits per heavy atom. The van der Waals surface area contributed by atoms with Crippen LogP contribution in [0, 0.1) is 0 Å². The van der Waals surface area contributed by atoms with Crippen molar-refractivity contribution in [1.82, 2.24) is 19.6 Å². The summed E-state index contributed by atoms with van der Waals surface area (Å²) >= 11 is 2.76. The smallest absolute Gasteiger partial charge is 0.271 e. The second-order valence-corrected chi connectivity index (χ2v) is 8.14. The number of hydrogen-bond acceptors (Lipinski definition) is 8. The SMILES string of the molecule is COCc1nnc(NC(=O)c2cnc3sc4c(n3c2=O)CCCCC4)s1. The highest BCUT2D eigenvalue weighted by atomic mass is 32.1. The summed E-state index contributed by atoms with van der Waals surface area (Å²) < 4.78 is 6.59. The fourth-order valence-corrected chi connectivity index (χ4v) is 4.93. The van der Waals surface area contributed by atoms with Crippen molar-refractivity contribution < 1.29 is 9.53 Å². The van der Waals surface area contributed by atoms with Crippen LogP contribution in [0.25, 0.3) is 4.96 Å². The van der Waals surface area contributed by atoms with Crippen LogP contribution in [0.4, 0.5) is 5.13 Å². The van der Waals surface area contributed by atoms with Gasteiger partial charge in [0.15, 0.2) is 4.96 Å². The number of aryl methyl sites for hydroxylation is 2. The lowest BCUT2D eigenvalue weighted by Crippen LogP contribution is -2.27. The van der Waals surface area contributed by atoms with Gasteiger partial charge in [-0.1, -0.05) is 17.8 Å². The third-order valence-corrected chi connectivity index (χ3v) is 6.22. The van der Waals surface area contributed by atoms with Gasteiger partial charge in [0.1, 0.15) is 17.2 Å². The van der Waals surface area contributed by atoms with Gasteiger partial charge in [0.25, 0.3) is 11.5 Å². The molecule has 0 unspecified atom stereocenters. The van der Waals surface area contributed by atoms with E-state index in [-0.39, 0.29) is 11.1 Å². The lowest BCUT2D eigenvalue weighted by atomic mass is 10.2. The van der Waals surface area contributed by atoms with Gasteiger partial charge in [-0.2, -0.15) is 0 Å². The van der Waals surface area contributed by atoms with Crippen LogP contribution in [0.15, 0.2) is 11.0 Å². The summed E-state index contributed by atoms with van der Waals surface area (Å²) in [4.78, 5) is 31.7. The number of anilines is 1. The number of ether oxygens (including phenoxy) is 1. The molecule has 0 radical (unpaired) electrons. The van der Waals surface area contributed by atoms with Crippen molar-refractivity contribution in [2.24, 2.45) is 0 Å². The van der Waals surface area contributed by atoms with Gasteiger partial charge < -0.3 is 4.74 Å². The van der Waals surface area contributed by atoms with Gasteiger partial charge in [-0.05, 0) is 25.7 Å². The largest absolute Gasteiger partial charge is 0.377 e. The van der Waals surface area contributed by atoms with E-state index < -0.39 is 5.91 Å². The zero-order chi connectivity index (χ0) is 18.1. The topological polar surface area (TPSA) is 98.5 Å². The number of fused-ring (bicyclic) bond motifs is 3. The zero-order valence-corrected chi connectivity index (χ0v) is 15.8. The van der Waals surface area contributed by atoms with Gasteiger partial charge >= 0.3 is 0 Å². The van der Waals surface area contributed by atoms with E-state index in [1.165, 1.54) is 22.4 Å². The molecule has 0 aromatic carbocycles. The van der Waals surface area contributed by atoms with Crippen molar-refractivity contribution in [2.45, 2.75) is 38.7 Å². The Morgan fingerprint density at radius 1 is 1.27 bits per heavy atom. The first-order valence-corrected chi connectivity index (χ1v) is 9.95. The van der Waals surface area contributed by atoms with Crippen molar-refractivity contribution in [3.05, 3.63) is 37.7 Å². The number of amides is 1. The number of methoxy groups -OCH3 is 1. The summed E-state index contributed by atoms with van der Waals surface area (Å²) in [5.41, 5.74) is 0.692. The van der Waals surface area contributed by atoms with Crippen LogP contribution in [-0.2, 0) is 24.2 Å². The van der Waals surface area contributed by atoms with Crippen molar-refractivity contribution in [3.63, 3.8) is 0 Å². The predicted molar refractivity (Wildman–Crippen MR) is 99.2 cm³/mol. The summed E-state index contributed by atoms with van der Waals surface area (Å²) in [7, 11) is 1.56. The molecule has 0 atom stereocenters. The minimum absolute atomic E-state index is 0.0100. The molecular weight excluding hydrogens is 374 g/mol. The second-order valence-electron chi connectivity index (χ2n) is 6.02. The second kappa shape index (κ2) is 7.22. The molecule has 0 spiro atoms. The number of rotatable bonds is 4. The third kappa shape index (κ3) is 3.15. The van der Waals surface area contributed by atoms with E-state index in [0.717, 1.165) is 37.8 Å². The predicted octanol–water partition coefficient (Wildman–Crippen LogP) is 2.28. The monoisotopic (exact) mass is 391 g/mol. The molecule has 1 N–H and O–H groups in total. The van der Waals surface area contributed by atoms with E-state index >= 15 is 0 Å². The molecule has 1 aliphatic carbocycles. The van der Waals surface area contributed by atoms with E-state index in [4.69, 9.17) is 4.74 Å². The fourth-order valence-electron chi connectivity index (χ4n) is 3.05. The highest BCUT2D eigenvalue weighted by Gasteiger charge is 2.21. The molecule has 1 aliphatic rings. The number of hydrogen-bond donors (Lipinski definition) is 1. The number of nitrogens with zero attached hydrogens (tertiary/aromatic N) is 4. The number of aromatic nitrogens is 4. The van der Waals surface area contributed by atoms with Crippen LogP contribution in [-0.4, -0.2) is 32.6 Å². The van der Waals surface area contributed by atoms with Gasteiger partial charge in [0.05, 0.1) is 0 Å². The molecule has 4 rings (SSSR count). The van der Waals surface area contributed by atoms with Gasteiger partial charge in [0.2, 0.25) is 5.13 Å². The third-order valence-electron chi connectivity index (χ3n) is 4.25. The summed E-state index contributed by atoms with van der Waals surface area (Å²) in [5.74, 6) is -0.523. The molecule has 8 nitrogen and oxygen atoms in total. The average molecular weight is 391 g/mol. The van der Waals surface area contributed by atoms with E-state index in [2.05, 4.69) is 20.5 Å². The highest BCUT2D eigenvalue weighted by molar-refractivity contribution is 7.17. The van der Waals surface area contributed by atoms with Crippen molar-refractivity contribution in [3.8, 4) is 0 Å². The van der Waals surface area contributed by atoms with E-state index in [1.807, 2.05) is 0 Å². The van der Waals surface area contributed by atoms with E-state index in [9.17, 15) is 9.59 Å². The van der Waals surface area contributed by atoms with Crippen LogP contribution >= 0.6 is 22.7 Å². The van der Waals surface area contributed by atoms with E-state index in [0.29, 0.717) is 21.7 Å². The molecule has 3 heterocycles. The Labute approximate surface area is 156 Å². The van der Waals surface area contributed by atoms with Crippen molar-refractivity contribution in [2.75, 3.05) is 12.4 Å². The molecule has 136 valence electrons. The molecule has 26 heavy (non-hydrogen) atoms. The van der Waals surface area contributed by atoms with Crippen LogP contribution < -0.4 is 10.9 Å². The molecule has 0 bridgehead atoms. The summed E-state index contributed by atoms with van der Waals surface area (Å²) in [6.45, 7) is 0.324. The normalized spacial score (nSPS) is 14.2. The zero-order valence-electron chi connectivity index (χ0n) is 14.2. The number of nitrogens with one attached hydrogen (secondary N) is 1. The molecule has 0 aliphatic heterocycles. The average Bonchev–Trinajstić information content (AvgIpc) is 3.13. The standard InChI is InChI=1S/C16H17N5O3S2/c1-24-8-12-19-20-15(26-12)18-13(22)9-7-17-16-21(14(9)23)10-5-3-2-4-6-11(10)25-16/h7H,2-6,8H2,1H3,(H,18,20,22). The maximum Gasteiger partial charge on any atom is 0.271 e. The first kappa shape index (κ1) is 17.3. The molecule has 0 saturated heterocycles. The Morgan fingerprint density at radius 2 is 2.12 bits per heavy atom. The quantitative estimate of drug-likeness (QED) is 0.685. The van der Waals surface area contributed by atoms with Gasteiger partial charge in [-0.3, -0.25) is 19.3 Å². The van der Waals surface area contributed by atoms with Crippen LogP contribution in [0.2, 0.25) is 0 Å². The van der Waals surface area contributed by atoms with E-state index in [1.54, 1.807) is 22.8 Å². The van der Waals surface area contributed by atoms with Gasteiger partial charge in [0, 0.05) is 23.9 Å². The Bertz CT molecular complexity index is 1020. The minimum atomic E-state index is -0.523. The minimum Gasteiger partial charge on any atom is -0.377 e. The van der Waals surface area contributed by atoms with Crippen molar-refractivity contribution >= 4 is 38.7 Å². The van der Waals surface area contributed by atoms with Crippen molar-refractivity contribution in [1.29, 1.82) is 0 Å². The van der Waals surface area contributed by atoms with Gasteiger partial charge in [-0.15, -0.1) is 21.5 Å². The Balaban J connectivity index is 1.67. The molecule has 0 saturated carbocycles. The lowest BCUT2D eigenvalue weighted by molar-refractivity contribution is 0.102. The molecule has 10 heteroatoms. The maximum atomic E-state index is 12.9. The summed E-state index contributed by atoms with van der Waals surface area (Å²) in [6, 6.07) is 0. The van der Waals surface area contributed by atoms with Crippen LogP contribution in [0.5, 0.6) is 0 Å². The number of thiazole rings is 1. The van der Waals surface area contributed by atoms with Crippen LogP contribution in [0.1, 0.15) is 45.2 Å². The Kier molecular flexibility index (Phi) is 4.79. The maximum absolute atomic E-state index is 12.9. The highest BCUT2D eigenvalue weighted by Crippen LogP contribution is 2.27. The van der Waals surface area contributed by atoms with Crippen LogP contribution in [0.3, 0.4) is 0 Å². The number of carbonyl (C=O) groups is 1. The molecule has 3 aromatic heterocycles. The molecule has 3 aromatic rings. The number of carbonyl (C=O) groups excluding carboxylic acids is 1. The molecular formula is C16H17N5O3S2. The Hall–Kier alpha value is -2.17. The first-order chi connectivity index (χ1) is 12.7. The fraction of sp³-hybridized carbons (Fsp3) is 0.438. The molecule has 1 amide bonds. The summed E-state index contributed by atoms with van der Waals surface area (Å²) in [6.07, 6.45) is 6.50. The van der Waals surface area contributed by atoms with Gasteiger partial charge in [-0.25, -0.2) is 4.98 Å². The lowest BCUT2D eigenvalue weighted by Gasteiger charge is -2.04. The molecule has 0 fully saturated rings.